The van der Waals surface area contributed by atoms with Gasteiger partial charge in [0.15, 0.2) is 0 Å². The maximum Gasteiger partial charge on any atom is 0.123 e. The van der Waals surface area contributed by atoms with Crippen molar-refractivity contribution in [3.63, 3.8) is 0 Å². The number of pyridine rings is 1. The molecule has 0 saturated carbocycles. The molecule has 2 rings (SSSR count). The second-order valence-corrected chi connectivity index (χ2v) is 3.43. The van der Waals surface area contributed by atoms with E-state index < -0.39 is 0 Å². The van der Waals surface area contributed by atoms with Gasteiger partial charge >= 0.3 is 0 Å². The summed E-state index contributed by atoms with van der Waals surface area (Å²) in [7, 11) is 1.89. The summed E-state index contributed by atoms with van der Waals surface area (Å²) < 4.78 is 0. The lowest BCUT2D eigenvalue weighted by atomic mass is 10.2. The van der Waals surface area contributed by atoms with Crippen molar-refractivity contribution in [2.45, 2.75) is 0 Å². The molecule has 0 saturated heterocycles. The summed E-state index contributed by atoms with van der Waals surface area (Å²) in [6, 6.07) is 11.7. The molecule has 0 radical (unpaired) electrons. The number of benzene rings is 1. The first-order valence-corrected chi connectivity index (χ1v) is 5.04. The first-order chi connectivity index (χ1) is 7.78. The van der Waals surface area contributed by atoms with E-state index in [1.165, 1.54) is 0 Å². The fourth-order valence-electron chi connectivity index (χ4n) is 1.40. The smallest absolute Gasteiger partial charge is 0.123 e. The molecule has 1 aromatic carbocycles. The van der Waals surface area contributed by atoms with E-state index in [0.717, 1.165) is 17.1 Å². The Bertz CT molecular complexity index is 465. The molecule has 4 nitrogen and oxygen atoms in total. The average Bonchev–Trinajstić information content (AvgIpc) is 2.32. The van der Waals surface area contributed by atoms with E-state index in [1.807, 2.05) is 37.4 Å². The van der Waals surface area contributed by atoms with Gasteiger partial charge in [0.05, 0.1) is 11.9 Å². The maximum atomic E-state index is 5.52. The van der Waals surface area contributed by atoms with Crippen molar-refractivity contribution in [2.24, 2.45) is 0 Å². The van der Waals surface area contributed by atoms with Gasteiger partial charge in [-0.2, -0.15) is 0 Å². The monoisotopic (exact) mass is 214 g/mol. The Hall–Kier alpha value is -2.23. The van der Waals surface area contributed by atoms with Gasteiger partial charge in [-0.1, -0.05) is 6.07 Å². The molecule has 1 heterocycles. The van der Waals surface area contributed by atoms with Gasteiger partial charge in [-0.3, -0.25) is 0 Å². The maximum absolute atomic E-state index is 5.52. The van der Waals surface area contributed by atoms with Crippen molar-refractivity contribution < 1.29 is 0 Å². The number of nitrogens with one attached hydrogen (secondary N) is 2. The summed E-state index contributed by atoms with van der Waals surface area (Å²) in [5, 5.41) is 6.33. The van der Waals surface area contributed by atoms with Gasteiger partial charge in [-0.25, -0.2) is 4.98 Å². The second kappa shape index (κ2) is 4.53. The third kappa shape index (κ3) is 2.42. The molecule has 0 aliphatic rings. The second-order valence-electron chi connectivity index (χ2n) is 3.43. The highest BCUT2D eigenvalue weighted by Gasteiger charge is 1.96. The Balaban J connectivity index is 2.16. The van der Waals surface area contributed by atoms with Crippen LogP contribution in [0.2, 0.25) is 0 Å². The van der Waals surface area contributed by atoms with Crippen LogP contribution in [-0.4, -0.2) is 12.0 Å². The molecule has 82 valence electrons. The molecule has 0 spiro atoms. The summed E-state index contributed by atoms with van der Waals surface area (Å²) >= 11 is 0. The highest BCUT2D eigenvalue weighted by Crippen LogP contribution is 2.19. The normalized spacial score (nSPS) is 9.81. The molecule has 1 aromatic heterocycles. The van der Waals surface area contributed by atoms with Gasteiger partial charge in [-0.15, -0.1) is 0 Å². The van der Waals surface area contributed by atoms with E-state index in [2.05, 4.69) is 15.6 Å². The van der Waals surface area contributed by atoms with Crippen LogP contribution in [0.1, 0.15) is 0 Å². The molecule has 0 amide bonds. The molecule has 0 bridgehead atoms. The Morgan fingerprint density at radius 2 is 1.88 bits per heavy atom. The molecule has 0 atom stereocenters. The molecule has 0 aliphatic carbocycles. The Labute approximate surface area is 94.5 Å². The van der Waals surface area contributed by atoms with Crippen molar-refractivity contribution in [3.8, 4) is 0 Å². The van der Waals surface area contributed by atoms with E-state index in [4.69, 9.17) is 5.73 Å². The summed E-state index contributed by atoms with van der Waals surface area (Å²) in [5.41, 5.74) is 8.51. The van der Waals surface area contributed by atoms with Crippen LogP contribution in [0.3, 0.4) is 0 Å². The lowest BCUT2D eigenvalue weighted by molar-refractivity contribution is 1.33. The third-order valence-corrected chi connectivity index (χ3v) is 2.23. The molecule has 16 heavy (non-hydrogen) atoms. The SMILES string of the molecule is CNc1cccc(Nc2ccc(N)nc2)c1. The van der Waals surface area contributed by atoms with E-state index in [0.29, 0.717) is 5.82 Å². The fourth-order valence-corrected chi connectivity index (χ4v) is 1.40. The van der Waals surface area contributed by atoms with Crippen LogP contribution < -0.4 is 16.4 Å². The summed E-state index contributed by atoms with van der Waals surface area (Å²) in [5.74, 6) is 0.523. The van der Waals surface area contributed by atoms with Crippen molar-refractivity contribution in [1.29, 1.82) is 0 Å². The fraction of sp³-hybridized carbons (Fsp3) is 0.0833. The van der Waals surface area contributed by atoms with Gasteiger partial charge in [0.25, 0.3) is 0 Å². The van der Waals surface area contributed by atoms with Crippen molar-refractivity contribution in [1.82, 2.24) is 4.98 Å². The zero-order chi connectivity index (χ0) is 11.4. The Kier molecular flexibility index (Phi) is 2.91. The number of nitrogens with zero attached hydrogens (tertiary/aromatic N) is 1. The zero-order valence-electron chi connectivity index (χ0n) is 9.07. The highest BCUT2D eigenvalue weighted by atomic mass is 14.9. The van der Waals surface area contributed by atoms with Gasteiger partial charge in [-0.05, 0) is 30.3 Å². The third-order valence-electron chi connectivity index (χ3n) is 2.23. The number of anilines is 4. The van der Waals surface area contributed by atoms with E-state index >= 15 is 0 Å². The number of aromatic nitrogens is 1. The topological polar surface area (TPSA) is 63.0 Å². The zero-order valence-corrected chi connectivity index (χ0v) is 9.07. The van der Waals surface area contributed by atoms with Crippen LogP contribution in [0.15, 0.2) is 42.6 Å². The highest BCUT2D eigenvalue weighted by molar-refractivity contribution is 5.64. The number of rotatable bonds is 3. The quantitative estimate of drug-likeness (QED) is 0.734. The van der Waals surface area contributed by atoms with E-state index in [9.17, 15) is 0 Å². The summed E-state index contributed by atoms with van der Waals surface area (Å²) in [4.78, 5) is 4.02. The van der Waals surface area contributed by atoms with E-state index in [1.54, 1.807) is 12.3 Å². The largest absolute Gasteiger partial charge is 0.388 e. The van der Waals surface area contributed by atoms with Crippen LogP contribution >= 0.6 is 0 Å². The Morgan fingerprint density at radius 1 is 1.06 bits per heavy atom. The van der Waals surface area contributed by atoms with Gasteiger partial charge < -0.3 is 16.4 Å². The average molecular weight is 214 g/mol. The minimum absolute atomic E-state index is 0.523. The van der Waals surface area contributed by atoms with E-state index in [-0.39, 0.29) is 0 Å². The number of nitrogen functional groups attached to an aromatic ring is 1. The Morgan fingerprint density at radius 3 is 2.56 bits per heavy atom. The summed E-state index contributed by atoms with van der Waals surface area (Å²) in [6.07, 6.45) is 1.71. The predicted octanol–water partition coefficient (Wildman–Crippen LogP) is 2.45. The van der Waals surface area contributed by atoms with Crippen LogP contribution in [0.4, 0.5) is 22.9 Å². The van der Waals surface area contributed by atoms with Gasteiger partial charge in [0.2, 0.25) is 0 Å². The minimum Gasteiger partial charge on any atom is -0.388 e. The standard InChI is InChI=1S/C12H14N4/c1-14-9-3-2-4-10(7-9)16-11-5-6-12(13)15-8-11/h2-8,14,16H,1H3,(H2,13,15). The molecule has 2 aromatic rings. The van der Waals surface area contributed by atoms with Crippen molar-refractivity contribution in [2.75, 3.05) is 23.4 Å². The molecule has 4 N–H and O–H groups in total. The van der Waals surface area contributed by atoms with Crippen LogP contribution in [0, 0.1) is 0 Å². The van der Waals surface area contributed by atoms with Crippen LogP contribution in [0.5, 0.6) is 0 Å². The number of hydrogen-bond donors (Lipinski definition) is 3. The molecule has 4 heteroatoms. The lowest BCUT2D eigenvalue weighted by Gasteiger charge is -2.07. The van der Waals surface area contributed by atoms with Gasteiger partial charge in [0, 0.05) is 18.4 Å². The van der Waals surface area contributed by atoms with Crippen molar-refractivity contribution in [3.05, 3.63) is 42.6 Å². The molecular formula is C12H14N4. The molecule has 0 aliphatic heterocycles. The van der Waals surface area contributed by atoms with Gasteiger partial charge in [0.1, 0.15) is 5.82 Å². The molecule has 0 unspecified atom stereocenters. The first-order valence-electron chi connectivity index (χ1n) is 5.04. The van der Waals surface area contributed by atoms with Crippen molar-refractivity contribution >= 4 is 22.9 Å². The first kappa shape index (κ1) is 10.3. The molecular weight excluding hydrogens is 200 g/mol. The number of nitrogens with two attached hydrogens (primary N) is 1. The van der Waals surface area contributed by atoms with Crippen LogP contribution in [-0.2, 0) is 0 Å². The molecule has 0 fully saturated rings. The predicted molar refractivity (Wildman–Crippen MR) is 67.9 cm³/mol. The number of hydrogen-bond acceptors (Lipinski definition) is 4. The van der Waals surface area contributed by atoms with Crippen LogP contribution in [0.25, 0.3) is 0 Å². The lowest BCUT2D eigenvalue weighted by Crippen LogP contribution is -1.95. The minimum atomic E-state index is 0.523. The summed E-state index contributed by atoms with van der Waals surface area (Å²) in [6.45, 7) is 0.